The Morgan fingerprint density at radius 3 is 2.74 bits per heavy atom. The second-order valence-corrected chi connectivity index (χ2v) is 11.5. The summed E-state index contributed by atoms with van der Waals surface area (Å²) in [5, 5.41) is 10.9. The van der Waals surface area contributed by atoms with Crippen LogP contribution >= 0.6 is 11.3 Å². The van der Waals surface area contributed by atoms with E-state index in [1.165, 1.54) is 18.3 Å². The number of fused-ring (bicyclic) bond motifs is 1. The van der Waals surface area contributed by atoms with E-state index in [2.05, 4.69) is 25.8 Å². The molecule has 0 spiro atoms. The number of hydrogen-bond acceptors (Lipinski definition) is 9. The summed E-state index contributed by atoms with van der Waals surface area (Å²) < 4.78 is 41.2. The van der Waals surface area contributed by atoms with E-state index in [4.69, 9.17) is 0 Å². The molecule has 2 aromatic heterocycles. The molecule has 4 rings (SSSR count). The van der Waals surface area contributed by atoms with Crippen LogP contribution in [-0.4, -0.2) is 60.0 Å². The highest BCUT2D eigenvalue weighted by atomic mass is 32.2. The minimum atomic E-state index is -4.16. The molecule has 0 radical (unpaired) electrons. The number of nitrogens with zero attached hydrogens (tertiary/aromatic N) is 3. The predicted octanol–water partition coefficient (Wildman–Crippen LogP) is 1.64. The summed E-state index contributed by atoms with van der Waals surface area (Å²) in [7, 11) is -4.16. The fourth-order valence-corrected chi connectivity index (χ4v) is 6.42. The van der Waals surface area contributed by atoms with Crippen molar-refractivity contribution in [2.45, 2.75) is 37.5 Å². The number of thiazole rings is 1. The molecule has 1 unspecified atom stereocenters. The van der Waals surface area contributed by atoms with Gasteiger partial charge in [-0.15, -0.1) is 11.3 Å². The van der Waals surface area contributed by atoms with Crippen LogP contribution in [0.1, 0.15) is 35.2 Å². The Balaban J connectivity index is 1.67. The van der Waals surface area contributed by atoms with Crippen LogP contribution in [0.2, 0.25) is 0 Å². The molecular weight excluding hydrogens is 497 g/mol. The Morgan fingerprint density at radius 2 is 2.06 bits per heavy atom. The van der Waals surface area contributed by atoms with Crippen molar-refractivity contribution >= 4 is 49.5 Å². The summed E-state index contributed by atoms with van der Waals surface area (Å²) >= 11 is 0.862. The zero-order valence-corrected chi connectivity index (χ0v) is 20.3. The molecule has 1 saturated carbocycles. The SMILES string of the molecule is Cc1cc(-c2cc3nc(C(C(=O)NCC(=O)NC4CC4)S(=O)(=O)CCC=O)sc3cc2F)cnn1. The van der Waals surface area contributed by atoms with E-state index < -0.39 is 45.0 Å². The van der Waals surface area contributed by atoms with Gasteiger partial charge in [-0.3, -0.25) is 9.59 Å². The Bertz CT molecular complexity index is 1400. The largest absolute Gasteiger partial charge is 0.352 e. The monoisotopic (exact) mass is 519 g/mol. The van der Waals surface area contributed by atoms with Gasteiger partial charge in [0.1, 0.15) is 17.1 Å². The van der Waals surface area contributed by atoms with Crippen LogP contribution in [0.4, 0.5) is 4.39 Å². The van der Waals surface area contributed by atoms with Gasteiger partial charge in [0.15, 0.2) is 15.1 Å². The second kappa shape index (κ2) is 10.1. The average Bonchev–Trinajstić information content (AvgIpc) is 3.53. The third-order valence-corrected chi connectivity index (χ3v) is 8.48. The highest BCUT2D eigenvalue weighted by Gasteiger charge is 2.37. The number of hydrogen-bond donors (Lipinski definition) is 2. The fraction of sp³-hybridized carbons (Fsp3) is 0.364. The summed E-state index contributed by atoms with van der Waals surface area (Å²) in [5.41, 5.74) is 1.56. The minimum Gasteiger partial charge on any atom is -0.352 e. The summed E-state index contributed by atoms with van der Waals surface area (Å²) in [6.07, 6.45) is 3.27. The standard InChI is InChI=1S/C22H22FN5O5S2/c1-12-7-13(10-25-28-12)15-8-17-18(9-16(15)23)34-22(27-17)20(35(32,33)6-2-5-29)21(31)24-11-19(30)26-14-3-4-14/h5,7-10,14,20H,2-4,6,11H2,1H3,(H,24,31)(H,26,30). The summed E-state index contributed by atoms with van der Waals surface area (Å²) in [6, 6.07) is 4.41. The van der Waals surface area contributed by atoms with Crippen molar-refractivity contribution in [3.05, 3.63) is 40.9 Å². The molecule has 10 nitrogen and oxygen atoms in total. The predicted molar refractivity (Wildman–Crippen MR) is 127 cm³/mol. The molecule has 0 bridgehead atoms. The number of benzene rings is 1. The van der Waals surface area contributed by atoms with E-state index in [9.17, 15) is 27.2 Å². The lowest BCUT2D eigenvalue weighted by Gasteiger charge is -2.15. The van der Waals surface area contributed by atoms with Gasteiger partial charge in [-0.25, -0.2) is 17.8 Å². The van der Waals surface area contributed by atoms with Crippen LogP contribution in [0.5, 0.6) is 0 Å². The van der Waals surface area contributed by atoms with E-state index in [1.807, 2.05) is 0 Å². The molecule has 13 heteroatoms. The van der Waals surface area contributed by atoms with Crippen molar-refractivity contribution in [2.24, 2.45) is 0 Å². The van der Waals surface area contributed by atoms with Gasteiger partial charge in [0.2, 0.25) is 11.8 Å². The van der Waals surface area contributed by atoms with E-state index >= 15 is 0 Å². The number of aryl methyl sites for hydroxylation is 1. The minimum absolute atomic E-state index is 0.0772. The number of aldehydes is 1. The van der Waals surface area contributed by atoms with Gasteiger partial charge >= 0.3 is 0 Å². The van der Waals surface area contributed by atoms with Crippen LogP contribution in [-0.2, 0) is 24.2 Å². The lowest BCUT2D eigenvalue weighted by Crippen LogP contribution is -2.41. The summed E-state index contributed by atoms with van der Waals surface area (Å²) in [6.45, 7) is 1.32. The lowest BCUT2D eigenvalue weighted by atomic mass is 10.1. The second-order valence-electron chi connectivity index (χ2n) is 8.20. The first-order chi connectivity index (χ1) is 16.7. The Hall–Kier alpha value is -3.32. The van der Waals surface area contributed by atoms with Crippen LogP contribution < -0.4 is 10.6 Å². The first kappa shape index (κ1) is 24.8. The molecule has 2 heterocycles. The fourth-order valence-electron chi connectivity index (χ4n) is 3.45. The Kier molecular flexibility index (Phi) is 7.17. The normalized spacial score (nSPS) is 14.5. The number of carbonyl (C=O) groups is 3. The number of amides is 2. The van der Waals surface area contributed by atoms with Crippen molar-refractivity contribution in [2.75, 3.05) is 12.3 Å². The first-order valence-electron chi connectivity index (χ1n) is 10.8. The maximum absolute atomic E-state index is 14.9. The topological polar surface area (TPSA) is 148 Å². The van der Waals surface area contributed by atoms with Gasteiger partial charge in [0.25, 0.3) is 0 Å². The summed E-state index contributed by atoms with van der Waals surface area (Å²) in [5.74, 6) is -2.50. The molecule has 0 saturated heterocycles. The van der Waals surface area contributed by atoms with Crippen LogP contribution in [0.25, 0.3) is 21.3 Å². The van der Waals surface area contributed by atoms with Crippen LogP contribution in [0.15, 0.2) is 24.4 Å². The van der Waals surface area contributed by atoms with Gasteiger partial charge in [0, 0.05) is 23.6 Å². The lowest BCUT2D eigenvalue weighted by molar-refractivity contribution is -0.126. The van der Waals surface area contributed by atoms with Crippen LogP contribution in [0, 0.1) is 12.7 Å². The number of rotatable bonds is 10. The van der Waals surface area contributed by atoms with Gasteiger partial charge in [-0.1, -0.05) is 0 Å². The van der Waals surface area contributed by atoms with Crippen molar-refractivity contribution in [3.8, 4) is 11.1 Å². The van der Waals surface area contributed by atoms with E-state index in [-0.39, 0.29) is 23.0 Å². The number of nitrogens with one attached hydrogen (secondary N) is 2. The maximum atomic E-state index is 14.9. The van der Waals surface area contributed by atoms with E-state index in [1.54, 1.807) is 13.0 Å². The quantitative estimate of drug-likeness (QED) is 0.384. The molecule has 2 amide bonds. The molecule has 1 atom stereocenters. The zero-order valence-electron chi connectivity index (χ0n) is 18.7. The molecular formula is C22H22FN5O5S2. The number of halogens is 1. The van der Waals surface area contributed by atoms with Crippen LogP contribution in [0.3, 0.4) is 0 Å². The third-order valence-electron chi connectivity index (χ3n) is 5.29. The molecule has 0 aliphatic heterocycles. The van der Waals surface area contributed by atoms with Gasteiger partial charge < -0.3 is 15.4 Å². The molecule has 1 aliphatic carbocycles. The van der Waals surface area contributed by atoms with Crippen molar-refractivity contribution in [1.82, 2.24) is 25.8 Å². The highest BCUT2D eigenvalue weighted by Crippen LogP contribution is 2.35. The smallest absolute Gasteiger partial charge is 0.245 e. The molecule has 2 N–H and O–H groups in total. The summed E-state index contributed by atoms with van der Waals surface area (Å²) in [4.78, 5) is 40.0. The molecule has 1 aliphatic rings. The number of aromatic nitrogens is 3. The molecule has 1 fully saturated rings. The van der Waals surface area contributed by atoms with E-state index in [0.29, 0.717) is 27.8 Å². The number of carbonyl (C=O) groups excluding carboxylic acids is 3. The Morgan fingerprint density at radius 1 is 1.29 bits per heavy atom. The Labute approximate surface area is 204 Å². The van der Waals surface area contributed by atoms with Crippen molar-refractivity contribution < 1.29 is 27.2 Å². The van der Waals surface area contributed by atoms with Gasteiger partial charge in [0.05, 0.1) is 34.4 Å². The van der Waals surface area contributed by atoms with Crippen molar-refractivity contribution in [1.29, 1.82) is 0 Å². The van der Waals surface area contributed by atoms with E-state index in [0.717, 1.165) is 24.2 Å². The van der Waals surface area contributed by atoms with Gasteiger partial charge in [-0.05, 0) is 38.0 Å². The molecule has 1 aromatic carbocycles. The highest BCUT2D eigenvalue weighted by molar-refractivity contribution is 7.92. The number of sulfone groups is 1. The molecule has 35 heavy (non-hydrogen) atoms. The average molecular weight is 520 g/mol. The third kappa shape index (κ3) is 5.85. The zero-order chi connectivity index (χ0) is 25.2. The maximum Gasteiger partial charge on any atom is 0.245 e. The molecule has 3 aromatic rings. The first-order valence-corrected chi connectivity index (χ1v) is 13.3. The van der Waals surface area contributed by atoms with Gasteiger partial charge in [-0.2, -0.15) is 10.2 Å². The molecule has 184 valence electrons. The van der Waals surface area contributed by atoms with Crippen molar-refractivity contribution in [3.63, 3.8) is 0 Å².